The first-order valence-electron chi connectivity index (χ1n) is 9.50. The van der Waals surface area contributed by atoms with E-state index in [1.807, 2.05) is 41.3 Å². The van der Waals surface area contributed by atoms with Crippen molar-refractivity contribution in [1.29, 1.82) is 0 Å². The summed E-state index contributed by atoms with van der Waals surface area (Å²) < 4.78 is 10.7. The quantitative estimate of drug-likeness (QED) is 0.653. The van der Waals surface area contributed by atoms with E-state index in [1.165, 1.54) is 5.56 Å². The molecule has 0 aliphatic carbocycles. The first-order valence-corrected chi connectivity index (χ1v) is 9.50. The summed E-state index contributed by atoms with van der Waals surface area (Å²) >= 11 is 0. The number of amides is 1. The molecule has 1 aliphatic rings. The zero-order valence-corrected chi connectivity index (χ0v) is 16.1. The van der Waals surface area contributed by atoms with Crippen LogP contribution in [0.25, 0.3) is 11.5 Å². The molecule has 0 saturated carbocycles. The number of hydrogen-bond acceptors (Lipinski definition) is 5. The SMILES string of the molecule is CCc1ccc(-c2nc(C3CC(=O)N(Cc4cccc(OC)c4)C3)no2)cc1. The maximum Gasteiger partial charge on any atom is 0.257 e. The zero-order valence-electron chi connectivity index (χ0n) is 16.1. The van der Waals surface area contributed by atoms with Crippen LogP contribution in [0.2, 0.25) is 0 Å². The first kappa shape index (κ1) is 18.2. The van der Waals surface area contributed by atoms with E-state index in [-0.39, 0.29) is 11.8 Å². The van der Waals surface area contributed by atoms with Gasteiger partial charge in [0.25, 0.3) is 5.89 Å². The third-order valence-corrected chi connectivity index (χ3v) is 5.14. The lowest BCUT2D eigenvalue weighted by Gasteiger charge is -2.16. The van der Waals surface area contributed by atoms with E-state index in [2.05, 4.69) is 29.2 Å². The van der Waals surface area contributed by atoms with E-state index in [1.54, 1.807) is 7.11 Å². The third-order valence-electron chi connectivity index (χ3n) is 5.14. The topological polar surface area (TPSA) is 68.5 Å². The molecule has 144 valence electrons. The van der Waals surface area contributed by atoms with Crippen molar-refractivity contribution in [2.24, 2.45) is 0 Å². The van der Waals surface area contributed by atoms with Gasteiger partial charge in [0.05, 0.1) is 7.11 Å². The van der Waals surface area contributed by atoms with E-state index in [4.69, 9.17) is 9.26 Å². The fraction of sp³-hybridized carbons (Fsp3) is 0.318. The highest BCUT2D eigenvalue weighted by Gasteiger charge is 2.33. The van der Waals surface area contributed by atoms with Crippen molar-refractivity contribution in [3.63, 3.8) is 0 Å². The Kier molecular flexibility index (Phi) is 5.10. The van der Waals surface area contributed by atoms with Gasteiger partial charge in [-0.15, -0.1) is 0 Å². The van der Waals surface area contributed by atoms with Crippen LogP contribution < -0.4 is 4.74 Å². The van der Waals surface area contributed by atoms with Gasteiger partial charge in [-0.1, -0.05) is 36.3 Å². The molecule has 0 bridgehead atoms. The van der Waals surface area contributed by atoms with Gasteiger partial charge in [0.1, 0.15) is 5.75 Å². The van der Waals surface area contributed by atoms with Crippen LogP contribution >= 0.6 is 0 Å². The molecule has 1 atom stereocenters. The van der Waals surface area contributed by atoms with Crippen LogP contribution in [-0.2, 0) is 17.8 Å². The lowest BCUT2D eigenvalue weighted by atomic mass is 10.1. The first-order chi connectivity index (χ1) is 13.7. The molecule has 2 heterocycles. The van der Waals surface area contributed by atoms with Crippen LogP contribution in [0.1, 0.15) is 36.2 Å². The second kappa shape index (κ2) is 7.84. The summed E-state index contributed by atoms with van der Waals surface area (Å²) in [5.74, 6) is 1.93. The normalized spacial score (nSPS) is 16.6. The van der Waals surface area contributed by atoms with Crippen LogP contribution in [0.15, 0.2) is 53.1 Å². The van der Waals surface area contributed by atoms with Crippen LogP contribution in [0.4, 0.5) is 0 Å². The minimum atomic E-state index is -0.0504. The molecule has 1 fully saturated rings. The standard InChI is InChI=1S/C22H23N3O3/c1-3-15-7-9-17(10-8-15)22-23-21(24-28-22)18-12-20(26)25(14-18)13-16-5-4-6-19(11-16)27-2/h4-11,18H,3,12-14H2,1-2H3. The lowest BCUT2D eigenvalue weighted by Crippen LogP contribution is -2.24. The number of hydrogen-bond donors (Lipinski definition) is 0. The smallest absolute Gasteiger partial charge is 0.257 e. The van der Waals surface area contributed by atoms with Gasteiger partial charge in [0.2, 0.25) is 5.91 Å². The molecule has 3 aromatic rings. The molecular formula is C22H23N3O3. The number of aromatic nitrogens is 2. The number of benzene rings is 2. The molecule has 1 aliphatic heterocycles. The predicted molar refractivity (Wildman–Crippen MR) is 105 cm³/mol. The molecule has 0 N–H and O–H groups in total. The predicted octanol–water partition coefficient (Wildman–Crippen LogP) is 3.82. The maximum atomic E-state index is 12.5. The Balaban J connectivity index is 1.45. The molecule has 4 rings (SSSR count). The fourth-order valence-electron chi connectivity index (χ4n) is 3.49. The number of ether oxygens (including phenoxy) is 1. The minimum absolute atomic E-state index is 0.0504. The van der Waals surface area contributed by atoms with Crippen LogP contribution in [0.5, 0.6) is 5.75 Å². The Labute approximate surface area is 164 Å². The number of rotatable bonds is 6. The molecule has 28 heavy (non-hydrogen) atoms. The zero-order chi connectivity index (χ0) is 19.5. The van der Waals surface area contributed by atoms with Gasteiger partial charge >= 0.3 is 0 Å². The van der Waals surface area contributed by atoms with Crippen LogP contribution in [-0.4, -0.2) is 34.6 Å². The second-order valence-corrected chi connectivity index (χ2v) is 7.04. The van der Waals surface area contributed by atoms with E-state index in [9.17, 15) is 4.79 Å². The molecule has 0 radical (unpaired) electrons. The summed E-state index contributed by atoms with van der Waals surface area (Å²) in [6.07, 6.45) is 1.39. The van der Waals surface area contributed by atoms with Gasteiger partial charge in [-0.25, -0.2) is 0 Å². The summed E-state index contributed by atoms with van der Waals surface area (Å²) in [6.45, 7) is 3.26. The third kappa shape index (κ3) is 3.76. The van der Waals surface area contributed by atoms with Crippen molar-refractivity contribution in [3.05, 3.63) is 65.5 Å². The Morgan fingerprint density at radius 1 is 1.18 bits per heavy atom. The number of carbonyl (C=O) groups is 1. The number of methoxy groups -OCH3 is 1. The van der Waals surface area contributed by atoms with Crippen LogP contribution in [0, 0.1) is 0 Å². The average molecular weight is 377 g/mol. The molecule has 2 aromatic carbocycles. The highest BCUT2D eigenvalue weighted by atomic mass is 16.5. The summed E-state index contributed by atoms with van der Waals surface area (Å²) in [6, 6.07) is 15.9. The van der Waals surface area contributed by atoms with E-state index in [0.29, 0.717) is 31.2 Å². The van der Waals surface area contributed by atoms with Gasteiger partial charge in [0.15, 0.2) is 5.82 Å². The molecule has 6 nitrogen and oxygen atoms in total. The monoisotopic (exact) mass is 377 g/mol. The van der Waals surface area contributed by atoms with E-state index in [0.717, 1.165) is 23.3 Å². The maximum absolute atomic E-state index is 12.5. The van der Waals surface area contributed by atoms with Crippen molar-refractivity contribution in [2.75, 3.05) is 13.7 Å². The summed E-state index contributed by atoms with van der Waals surface area (Å²) in [5.41, 5.74) is 3.20. The molecule has 1 amide bonds. The molecule has 6 heteroatoms. The average Bonchev–Trinajstić information content (AvgIpc) is 3.36. The molecule has 0 spiro atoms. The number of nitrogens with zero attached hydrogens (tertiary/aromatic N) is 3. The number of carbonyl (C=O) groups excluding carboxylic acids is 1. The van der Waals surface area contributed by atoms with Gasteiger partial charge in [-0.05, 0) is 41.8 Å². The summed E-state index contributed by atoms with van der Waals surface area (Å²) in [7, 11) is 1.64. The van der Waals surface area contributed by atoms with E-state index >= 15 is 0 Å². The second-order valence-electron chi connectivity index (χ2n) is 7.04. The van der Waals surface area contributed by atoms with E-state index < -0.39 is 0 Å². The van der Waals surface area contributed by atoms with Crippen molar-refractivity contribution in [3.8, 4) is 17.2 Å². The molecule has 1 unspecified atom stereocenters. The summed E-state index contributed by atoms with van der Waals surface area (Å²) in [4.78, 5) is 18.9. The van der Waals surface area contributed by atoms with Crippen LogP contribution in [0.3, 0.4) is 0 Å². The Morgan fingerprint density at radius 2 is 2.00 bits per heavy atom. The molecular weight excluding hydrogens is 354 g/mol. The van der Waals surface area contributed by atoms with Gasteiger partial charge in [0, 0.05) is 31.0 Å². The lowest BCUT2D eigenvalue weighted by molar-refractivity contribution is -0.128. The number of likely N-dealkylation sites (tertiary alicyclic amines) is 1. The van der Waals surface area contributed by atoms with Gasteiger partial charge in [-0.2, -0.15) is 4.98 Å². The van der Waals surface area contributed by atoms with Gasteiger partial charge in [-0.3, -0.25) is 4.79 Å². The van der Waals surface area contributed by atoms with Crippen molar-refractivity contribution in [2.45, 2.75) is 32.2 Å². The highest BCUT2D eigenvalue weighted by Crippen LogP contribution is 2.29. The summed E-state index contributed by atoms with van der Waals surface area (Å²) in [5, 5.41) is 4.14. The minimum Gasteiger partial charge on any atom is -0.497 e. The van der Waals surface area contributed by atoms with Gasteiger partial charge < -0.3 is 14.2 Å². The van der Waals surface area contributed by atoms with Crippen molar-refractivity contribution >= 4 is 5.91 Å². The molecule has 1 saturated heterocycles. The van der Waals surface area contributed by atoms with Crippen molar-refractivity contribution < 1.29 is 14.1 Å². The number of aryl methyl sites for hydroxylation is 1. The Morgan fingerprint density at radius 3 is 2.75 bits per heavy atom. The Bertz CT molecular complexity index is 965. The molecule has 1 aromatic heterocycles. The largest absolute Gasteiger partial charge is 0.497 e. The van der Waals surface area contributed by atoms with Crippen molar-refractivity contribution in [1.82, 2.24) is 15.0 Å². The highest BCUT2D eigenvalue weighted by molar-refractivity contribution is 5.79. The fourth-order valence-corrected chi connectivity index (χ4v) is 3.49. The Hall–Kier alpha value is -3.15.